The molecule has 0 saturated heterocycles. The quantitative estimate of drug-likeness (QED) is 0.554. The van der Waals surface area contributed by atoms with Crippen LogP contribution in [0.25, 0.3) is 17.3 Å². The molecule has 146 valence electrons. The van der Waals surface area contributed by atoms with Crippen LogP contribution in [-0.4, -0.2) is 37.8 Å². The highest BCUT2D eigenvalue weighted by atomic mass is 16.5. The summed E-state index contributed by atoms with van der Waals surface area (Å²) in [5.41, 5.74) is 8.43. The van der Waals surface area contributed by atoms with Crippen LogP contribution in [-0.2, 0) is 11.3 Å². The van der Waals surface area contributed by atoms with Crippen molar-refractivity contribution >= 4 is 17.7 Å². The second kappa shape index (κ2) is 7.10. The van der Waals surface area contributed by atoms with Crippen LogP contribution in [0.2, 0.25) is 0 Å². The van der Waals surface area contributed by atoms with Crippen LogP contribution >= 0.6 is 0 Å². The predicted molar refractivity (Wildman–Crippen MR) is 106 cm³/mol. The maximum atomic E-state index is 12.5. The molecule has 1 aliphatic heterocycles. The van der Waals surface area contributed by atoms with E-state index < -0.39 is 0 Å². The molecule has 3 aromatic heterocycles. The lowest BCUT2D eigenvalue weighted by atomic mass is 10.0. The number of hydrogen-bond donors (Lipinski definition) is 3. The molecule has 4 heterocycles. The zero-order valence-corrected chi connectivity index (χ0v) is 15.8. The third-order valence-electron chi connectivity index (χ3n) is 5.05. The molecule has 3 N–H and O–H groups in total. The SMILES string of the molecule is Cc1[nH]c(C=C2C(=O)NN=C2c2cnccn2)c(-c2ccon2)c1CNC1CC1. The van der Waals surface area contributed by atoms with Gasteiger partial charge in [0.05, 0.1) is 11.8 Å². The summed E-state index contributed by atoms with van der Waals surface area (Å²) >= 11 is 0. The van der Waals surface area contributed by atoms with Crippen LogP contribution in [0.4, 0.5) is 0 Å². The van der Waals surface area contributed by atoms with Gasteiger partial charge in [-0.05, 0) is 31.4 Å². The monoisotopic (exact) mass is 389 g/mol. The van der Waals surface area contributed by atoms with Gasteiger partial charge in [-0.25, -0.2) is 5.43 Å². The van der Waals surface area contributed by atoms with Crippen molar-refractivity contribution in [2.45, 2.75) is 32.4 Å². The fourth-order valence-electron chi connectivity index (χ4n) is 3.42. The van der Waals surface area contributed by atoms with Crippen LogP contribution < -0.4 is 10.7 Å². The highest BCUT2D eigenvalue weighted by molar-refractivity contribution is 6.32. The average molecular weight is 389 g/mol. The molecule has 0 bridgehead atoms. The fourth-order valence-corrected chi connectivity index (χ4v) is 3.42. The maximum Gasteiger partial charge on any atom is 0.273 e. The van der Waals surface area contributed by atoms with E-state index in [9.17, 15) is 4.79 Å². The molecule has 0 atom stereocenters. The predicted octanol–water partition coefficient (Wildman–Crippen LogP) is 1.94. The van der Waals surface area contributed by atoms with Crippen molar-refractivity contribution < 1.29 is 9.32 Å². The standard InChI is InChI=1S/C20H19N7O2/c1-11-14(9-23-12-2-3-12)18(15-4-7-29-27-15)16(24-11)8-13-19(25-26-20(13)28)17-10-21-5-6-22-17/h4-8,10,12,23-24H,2-3,9H2,1H3,(H,26,28). The summed E-state index contributed by atoms with van der Waals surface area (Å²) in [7, 11) is 0. The zero-order valence-electron chi connectivity index (χ0n) is 15.8. The van der Waals surface area contributed by atoms with Gasteiger partial charge in [0.15, 0.2) is 0 Å². The first kappa shape index (κ1) is 17.5. The molecule has 9 heteroatoms. The highest BCUT2D eigenvalue weighted by Crippen LogP contribution is 2.32. The number of carbonyl (C=O) groups is 1. The van der Waals surface area contributed by atoms with E-state index >= 15 is 0 Å². The lowest BCUT2D eigenvalue weighted by Gasteiger charge is -2.06. The highest BCUT2D eigenvalue weighted by Gasteiger charge is 2.28. The normalized spacial score (nSPS) is 17.6. The van der Waals surface area contributed by atoms with Gasteiger partial charge in [-0.15, -0.1) is 0 Å². The Balaban J connectivity index is 1.59. The minimum absolute atomic E-state index is 0.290. The van der Waals surface area contributed by atoms with Gasteiger partial charge < -0.3 is 14.8 Å². The topological polar surface area (TPSA) is 121 Å². The van der Waals surface area contributed by atoms with Crippen molar-refractivity contribution in [3.63, 3.8) is 0 Å². The van der Waals surface area contributed by atoms with Crippen molar-refractivity contribution in [1.82, 2.24) is 30.9 Å². The molecule has 0 unspecified atom stereocenters. The van der Waals surface area contributed by atoms with E-state index in [2.05, 4.69) is 36.0 Å². The van der Waals surface area contributed by atoms with E-state index in [4.69, 9.17) is 4.52 Å². The van der Waals surface area contributed by atoms with Crippen molar-refractivity contribution in [2.24, 2.45) is 5.10 Å². The summed E-state index contributed by atoms with van der Waals surface area (Å²) in [6.07, 6.45) is 10.5. The first-order chi connectivity index (χ1) is 14.2. The number of rotatable bonds is 6. The van der Waals surface area contributed by atoms with Gasteiger partial charge in [0, 0.05) is 48.0 Å². The van der Waals surface area contributed by atoms with Gasteiger partial charge in [0.2, 0.25) is 0 Å². The number of hydrazone groups is 1. The molecular formula is C20H19N7O2. The smallest absolute Gasteiger partial charge is 0.273 e. The summed E-state index contributed by atoms with van der Waals surface area (Å²) in [5, 5.41) is 11.8. The second-order valence-corrected chi connectivity index (χ2v) is 7.11. The lowest BCUT2D eigenvalue weighted by molar-refractivity contribution is -0.116. The summed E-state index contributed by atoms with van der Waals surface area (Å²) in [4.78, 5) is 24.2. The number of carbonyl (C=O) groups excluding carboxylic acids is 1. The third-order valence-corrected chi connectivity index (χ3v) is 5.05. The molecule has 29 heavy (non-hydrogen) atoms. The number of nitrogens with one attached hydrogen (secondary N) is 3. The average Bonchev–Trinajstić information content (AvgIpc) is 3.12. The van der Waals surface area contributed by atoms with E-state index in [0.717, 1.165) is 29.1 Å². The van der Waals surface area contributed by atoms with Crippen LogP contribution in [0.1, 0.15) is 35.5 Å². The first-order valence-electron chi connectivity index (χ1n) is 9.43. The Morgan fingerprint density at radius 2 is 2.21 bits per heavy atom. The number of hydrogen-bond acceptors (Lipinski definition) is 7. The van der Waals surface area contributed by atoms with E-state index in [0.29, 0.717) is 28.7 Å². The van der Waals surface area contributed by atoms with Gasteiger partial charge in [-0.2, -0.15) is 5.10 Å². The maximum absolute atomic E-state index is 12.5. The van der Waals surface area contributed by atoms with Crippen molar-refractivity contribution in [1.29, 1.82) is 0 Å². The number of aromatic nitrogens is 4. The second-order valence-electron chi connectivity index (χ2n) is 7.11. The minimum Gasteiger partial charge on any atom is -0.364 e. The Morgan fingerprint density at radius 1 is 1.31 bits per heavy atom. The van der Waals surface area contributed by atoms with Crippen LogP contribution in [0, 0.1) is 6.92 Å². The van der Waals surface area contributed by atoms with Crippen LogP contribution in [0.15, 0.2) is 46.1 Å². The number of amides is 1. The molecule has 0 spiro atoms. The molecule has 0 aromatic carbocycles. The lowest BCUT2D eigenvalue weighted by Crippen LogP contribution is -2.16. The molecule has 3 aromatic rings. The molecule has 2 aliphatic rings. The van der Waals surface area contributed by atoms with Crippen LogP contribution in [0.3, 0.4) is 0 Å². The molecule has 5 rings (SSSR count). The Morgan fingerprint density at radius 3 is 2.93 bits per heavy atom. The summed E-state index contributed by atoms with van der Waals surface area (Å²) in [6, 6.07) is 2.39. The van der Waals surface area contributed by atoms with E-state index in [1.165, 1.54) is 12.8 Å². The Bertz CT molecular complexity index is 1110. The molecular weight excluding hydrogens is 370 g/mol. The minimum atomic E-state index is -0.290. The fraction of sp³-hybridized carbons (Fsp3) is 0.250. The molecule has 1 amide bonds. The molecule has 1 fully saturated rings. The molecule has 1 aliphatic carbocycles. The number of aryl methyl sites for hydroxylation is 1. The number of nitrogens with zero attached hydrogens (tertiary/aromatic N) is 4. The molecule has 0 radical (unpaired) electrons. The molecule has 9 nitrogen and oxygen atoms in total. The van der Waals surface area contributed by atoms with E-state index in [-0.39, 0.29) is 5.91 Å². The van der Waals surface area contributed by atoms with E-state index in [1.54, 1.807) is 30.9 Å². The van der Waals surface area contributed by atoms with Gasteiger partial charge in [0.1, 0.15) is 23.4 Å². The summed E-state index contributed by atoms with van der Waals surface area (Å²) in [6.45, 7) is 2.73. The Hall–Kier alpha value is -3.59. The number of H-pyrrole nitrogens is 1. The zero-order chi connectivity index (χ0) is 19.8. The Labute approximate surface area is 166 Å². The first-order valence-corrected chi connectivity index (χ1v) is 9.43. The Kier molecular flexibility index (Phi) is 4.28. The van der Waals surface area contributed by atoms with Crippen LogP contribution in [0.5, 0.6) is 0 Å². The molecule has 1 saturated carbocycles. The van der Waals surface area contributed by atoms with E-state index in [1.807, 2.05) is 13.0 Å². The van der Waals surface area contributed by atoms with Crippen molar-refractivity contribution in [3.05, 3.63) is 59.1 Å². The summed E-state index contributed by atoms with van der Waals surface area (Å²) in [5.74, 6) is -0.290. The largest absolute Gasteiger partial charge is 0.364 e. The third kappa shape index (κ3) is 3.36. The van der Waals surface area contributed by atoms with Gasteiger partial charge in [-0.1, -0.05) is 5.16 Å². The van der Waals surface area contributed by atoms with Gasteiger partial charge in [0.25, 0.3) is 5.91 Å². The van der Waals surface area contributed by atoms with Gasteiger partial charge >= 0.3 is 0 Å². The van der Waals surface area contributed by atoms with Crippen molar-refractivity contribution in [3.8, 4) is 11.3 Å². The van der Waals surface area contributed by atoms with Gasteiger partial charge in [-0.3, -0.25) is 14.8 Å². The number of aromatic amines is 1. The van der Waals surface area contributed by atoms with Crippen molar-refractivity contribution in [2.75, 3.05) is 0 Å². The summed E-state index contributed by atoms with van der Waals surface area (Å²) < 4.78 is 5.08.